The second-order valence-corrected chi connectivity index (χ2v) is 7.08. The summed E-state index contributed by atoms with van der Waals surface area (Å²) in [6.07, 6.45) is 3.41. The lowest BCUT2D eigenvalue weighted by Crippen LogP contribution is -2.42. The predicted molar refractivity (Wildman–Crippen MR) is 98.3 cm³/mol. The molecule has 0 aromatic heterocycles. The number of aliphatic hydroxyl groups excluding tert-OH is 1. The van der Waals surface area contributed by atoms with Crippen molar-refractivity contribution in [3.8, 4) is 11.5 Å². The molecule has 0 spiro atoms. The number of benzene rings is 1. The van der Waals surface area contributed by atoms with E-state index < -0.39 is 17.4 Å². The Labute approximate surface area is 154 Å². The first-order valence-electron chi connectivity index (χ1n) is 8.77. The van der Waals surface area contributed by atoms with Gasteiger partial charge in [0.1, 0.15) is 0 Å². The Morgan fingerprint density at radius 1 is 1.15 bits per heavy atom. The van der Waals surface area contributed by atoms with Gasteiger partial charge >= 0.3 is 0 Å². The maximum Gasteiger partial charge on any atom is 0.203 e. The molecule has 2 bridgehead atoms. The summed E-state index contributed by atoms with van der Waals surface area (Å²) >= 11 is 0. The van der Waals surface area contributed by atoms with Crippen molar-refractivity contribution in [2.75, 3.05) is 21.3 Å². The number of allylic oxidation sites excluding steroid dienone is 2. The number of ether oxygens (including phenoxy) is 3. The molecule has 3 rings (SSSR count). The zero-order valence-corrected chi connectivity index (χ0v) is 15.7. The first-order chi connectivity index (χ1) is 12.4. The first-order valence-corrected chi connectivity index (χ1v) is 8.77. The standard InChI is InChI=1S/C21H26O5/c1-6-9-21-11-16(26-5)19(22)18(20(21)23)17(12(21)2)13-7-8-14(24-3)15(10-13)25-4/h6-8,10-12,17-18,20,23H,1,9H2,2-5H3/t12-,17-,18-,20+,21+/m0/s1. The number of fused-ring (bicyclic) bond motifs is 2. The van der Waals surface area contributed by atoms with Gasteiger partial charge in [-0.15, -0.1) is 6.58 Å². The van der Waals surface area contributed by atoms with Crippen molar-refractivity contribution in [2.45, 2.75) is 25.4 Å². The van der Waals surface area contributed by atoms with Crippen LogP contribution in [0.2, 0.25) is 0 Å². The number of carbonyl (C=O) groups excluding carboxylic acids is 1. The molecule has 1 N–H and O–H groups in total. The fourth-order valence-corrected chi connectivity index (χ4v) is 4.78. The van der Waals surface area contributed by atoms with Crippen LogP contribution in [-0.4, -0.2) is 38.3 Å². The van der Waals surface area contributed by atoms with Crippen LogP contribution in [-0.2, 0) is 9.53 Å². The summed E-state index contributed by atoms with van der Waals surface area (Å²) in [5, 5.41) is 11.1. The Morgan fingerprint density at radius 3 is 2.42 bits per heavy atom. The van der Waals surface area contributed by atoms with Gasteiger partial charge in [-0.3, -0.25) is 4.79 Å². The van der Waals surface area contributed by atoms with Crippen molar-refractivity contribution in [3.63, 3.8) is 0 Å². The third-order valence-corrected chi connectivity index (χ3v) is 6.12. The number of hydrogen-bond donors (Lipinski definition) is 1. The highest BCUT2D eigenvalue weighted by Gasteiger charge is 2.62. The van der Waals surface area contributed by atoms with Gasteiger partial charge in [-0.25, -0.2) is 0 Å². The number of ketones is 1. The predicted octanol–water partition coefficient (Wildman–Crippen LogP) is 3.09. The van der Waals surface area contributed by atoms with Gasteiger partial charge in [0.15, 0.2) is 17.3 Å². The van der Waals surface area contributed by atoms with E-state index in [-0.39, 0.29) is 17.6 Å². The lowest BCUT2D eigenvalue weighted by Gasteiger charge is -2.36. The number of methoxy groups -OCH3 is 3. The van der Waals surface area contributed by atoms with Crippen molar-refractivity contribution in [2.24, 2.45) is 17.3 Å². The fraction of sp³-hybridized carbons (Fsp3) is 0.476. The summed E-state index contributed by atoms with van der Waals surface area (Å²) in [6, 6.07) is 5.68. The second-order valence-electron chi connectivity index (χ2n) is 7.08. The Kier molecular flexibility index (Phi) is 4.84. The monoisotopic (exact) mass is 358 g/mol. The number of carbonyl (C=O) groups is 1. The van der Waals surface area contributed by atoms with E-state index in [4.69, 9.17) is 14.2 Å². The van der Waals surface area contributed by atoms with Crippen LogP contribution in [0.4, 0.5) is 0 Å². The van der Waals surface area contributed by atoms with E-state index in [0.717, 1.165) is 5.56 Å². The topological polar surface area (TPSA) is 65.0 Å². The average Bonchev–Trinajstić information content (AvgIpc) is 2.80. The summed E-state index contributed by atoms with van der Waals surface area (Å²) in [7, 11) is 4.67. The minimum absolute atomic E-state index is 0.0233. The molecule has 1 saturated carbocycles. The number of aliphatic hydroxyl groups is 1. The van der Waals surface area contributed by atoms with E-state index in [1.54, 1.807) is 20.3 Å². The summed E-state index contributed by atoms with van der Waals surface area (Å²) in [4.78, 5) is 12.9. The first kappa shape index (κ1) is 18.5. The normalized spacial score (nSPS) is 32.8. The highest BCUT2D eigenvalue weighted by Crippen LogP contribution is 2.61. The van der Waals surface area contributed by atoms with Crippen LogP contribution in [0.15, 0.2) is 42.7 Å². The third-order valence-electron chi connectivity index (χ3n) is 6.12. The van der Waals surface area contributed by atoms with E-state index in [9.17, 15) is 9.90 Å². The van der Waals surface area contributed by atoms with E-state index in [1.165, 1.54) is 7.11 Å². The van der Waals surface area contributed by atoms with Gasteiger partial charge in [0, 0.05) is 11.3 Å². The third kappa shape index (κ3) is 2.45. The molecule has 0 saturated heterocycles. The Bertz CT molecular complexity index is 753. The largest absolute Gasteiger partial charge is 0.493 e. The van der Waals surface area contributed by atoms with Crippen molar-refractivity contribution in [1.82, 2.24) is 0 Å². The molecule has 1 aromatic carbocycles. The molecule has 5 heteroatoms. The van der Waals surface area contributed by atoms with Crippen LogP contribution in [0.3, 0.4) is 0 Å². The average molecular weight is 358 g/mol. The van der Waals surface area contributed by atoms with Gasteiger partial charge < -0.3 is 19.3 Å². The quantitative estimate of drug-likeness (QED) is 0.792. The van der Waals surface area contributed by atoms with Crippen molar-refractivity contribution in [1.29, 1.82) is 0 Å². The van der Waals surface area contributed by atoms with Crippen LogP contribution < -0.4 is 9.47 Å². The SMILES string of the molecule is C=CC[C@@]12C=C(OC)C(=O)[C@H]([C@H](c3ccc(OC)c(OC)c3)[C@@H]1C)[C@H]2O. The number of hydrogen-bond acceptors (Lipinski definition) is 5. The molecule has 5 nitrogen and oxygen atoms in total. The second kappa shape index (κ2) is 6.80. The van der Waals surface area contributed by atoms with E-state index in [0.29, 0.717) is 23.7 Å². The van der Waals surface area contributed by atoms with Gasteiger partial charge in [-0.1, -0.05) is 19.1 Å². The highest BCUT2D eigenvalue weighted by atomic mass is 16.5. The zero-order valence-electron chi connectivity index (χ0n) is 15.7. The fourth-order valence-electron chi connectivity index (χ4n) is 4.78. The lowest BCUT2D eigenvalue weighted by molar-refractivity contribution is -0.128. The van der Waals surface area contributed by atoms with Crippen molar-refractivity contribution < 1.29 is 24.1 Å². The van der Waals surface area contributed by atoms with Crippen LogP contribution >= 0.6 is 0 Å². The molecule has 0 radical (unpaired) electrons. The maximum atomic E-state index is 12.9. The van der Waals surface area contributed by atoms with Crippen LogP contribution in [0.5, 0.6) is 11.5 Å². The molecule has 1 aromatic rings. The van der Waals surface area contributed by atoms with E-state index in [2.05, 4.69) is 13.5 Å². The zero-order chi connectivity index (χ0) is 19.1. The molecular weight excluding hydrogens is 332 g/mol. The highest BCUT2D eigenvalue weighted by molar-refractivity contribution is 5.98. The lowest BCUT2D eigenvalue weighted by atomic mass is 9.70. The molecule has 0 amide bonds. The summed E-state index contributed by atoms with van der Waals surface area (Å²) in [5.41, 5.74) is 0.382. The van der Waals surface area contributed by atoms with Gasteiger partial charge in [0.25, 0.3) is 0 Å². The van der Waals surface area contributed by atoms with Crippen LogP contribution in [0.1, 0.15) is 24.8 Å². The molecule has 1 fully saturated rings. The van der Waals surface area contributed by atoms with Gasteiger partial charge in [0.05, 0.1) is 33.4 Å². The Morgan fingerprint density at radius 2 is 1.85 bits per heavy atom. The van der Waals surface area contributed by atoms with Gasteiger partial charge in [-0.2, -0.15) is 0 Å². The Balaban J connectivity index is 2.13. The summed E-state index contributed by atoms with van der Waals surface area (Å²) in [6.45, 7) is 5.93. The smallest absolute Gasteiger partial charge is 0.203 e. The number of Topliss-reactive ketones (excluding diaryl/α,β-unsaturated/α-hetero) is 1. The van der Waals surface area contributed by atoms with Crippen LogP contribution in [0, 0.1) is 17.3 Å². The molecule has 140 valence electrons. The minimum atomic E-state index is -0.778. The summed E-state index contributed by atoms with van der Waals surface area (Å²) < 4.78 is 16.1. The molecule has 0 aliphatic heterocycles. The van der Waals surface area contributed by atoms with E-state index in [1.807, 2.05) is 24.3 Å². The van der Waals surface area contributed by atoms with E-state index >= 15 is 0 Å². The number of rotatable bonds is 6. The molecule has 0 unspecified atom stereocenters. The molecule has 2 aliphatic carbocycles. The molecule has 26 heavy (non-hydrogen) atoms. The van der Waals surface area contributed by atoms with Crippen molar-refractivity contribution in [3.05, 3.63) is 48.3 Å². The minimum Gasteiger partial charge on any atom is -0.493 e. The van der Waals surface area contributed by atoms with Crippen molar-refractivity contribution >= 4 is 5.78 Å². The maximum absolute atomic E-state index is 12.9. The molecule has 0 heterocycles. The molecular formula is C21H26O5. The summed E-state index contributed by atoms with van der Waals surface area (Å²) in [5.74, 6) is 0.742. The van der Waals surface area contributed by atoms with Crippen LogP contribution in [0.25, 0.3) is 0 Å². The van der Waals surface area contributed by atoms with Gasteiger partial charge in [0.2, 0.25) is 5.78 Å². The molecule has 2 aliphatic rings. The van der Waals surface area contributed by atoms with Gasteiger partial charge in [-0.05, 0) is 36.1 Å². The molecule has 5 atom stereocenters. The Hall–Kier alpha value is -2.27.